The van der Waals surface area contributed by atoms with Crippen LogP contribution in [0.1, 0.15) is 32.1 Å². The molecule has 178 valence electrons. The zero-order chi connectivity index (χ0) is 23.9. The molecule has 0 unspecified atom stereocenters. The van der Waals surface area contributed by atoms with Crippen LogP contribution in [-0.4, -0.2) is 36.2 Å². The van der Waals surface area contributed by atoms with Crippen molar-refractivity contribution in [3.8, 4) is 39.5 Å². The third-order valence-corrected chi connectivity index (χ3v) is 7.63. The number of aromatic nitrogens is 6. The van der Waals surface area contributed by atoms with Crippen LogP contribution in [0.25, 0.3) is 55.6 Å². The van der Waals surface area contributed by atoms with Crippen molar-refractivity contribution in [2.45, 2.75) is 38.2 Å². The van der Waals surface area contributed by atoms with Gasteiger partial charge in [0.2, 0.25) is 0 Å². The number of fused-ring (bicyclic) bond motifs is 2. The fourth-order valence-corrected chi connectivity index (χ4v) is 5.76. The number of H-pyrrole nitrogens is 2. The van der Waals surface area contributed by atoms with E-state index < -0.39 is 0 Å². The Kier molecular flexibility index (Phi) is 5.24. The molecule has 0 aromatic carbocycles. The largest absolute Gasteiger partial charge is 0.489 e. The quantitative estimate of drug-likeness (QED) is 0.270. The summed E-state index contributed by atoms with van der Waals surface area (Å²) in [7, 11) is 0. The second-order valence-electron chi connectivity index (χ2n) is 9.32. The topological polar surface area (TPSA) is 92.4 Å². The van der Waals surface area contributed by atoms with Crippen LogP contribution < -0.4 is 4.74 Å². The molecule has 7 nitrogen and oxygen atoms in total. The van der Waals surface area contributed by atoms with E-state index in [0.29, 0.717) is 0 Å². The molecule has 0 saturated heterocycles. The first kappa shape index (κ1) is 21.3. The highest BCUT2D eigenvalue weighted by molar-refractivity contribution is 7.08. The maximum absolute atomic E-state index is 6.24. The van der Waals surface area contributed by atoms with Crippen molar-refractivity contribution in [1.82, 2.24) is 30.1 Å². The Morgan fingerprint density at radius 1 is 0.861 bits per heavy atom. The molecule has 6 aromatic rings. The van der Waals surface area contributed by atoms with Crippen molar-refractivity contribution in [3.05, 3.63) is 66.0 Å². The van der Waals surface area contributed by atoms with Gasteiger partial charge in [0.1, 0.15) is 11.4 Å². The molecule has 6 aromatic heterocycles. The van der Waals surface area contributed by atoms with Crippen LogP contribution in [-0.2, 0) is 0 Å². The molecule has 0 atom stereocenters. The van der Waals surface area contributed by atoms with Crippen molar-refractivity contribution in [2.75, 3.05) is 0 Å². The van der Waals surface area contributed by atoms with Gasteiger partial charge >= 0.3 is 0 Å². The Bertz CT molecular complexity index is 1660. The van der Waals surface area contributed by atoms with Crippen LogP contribution in [0.15, 0.2) is 66.0 Å². The first-order valence-electron chi connectivity index (χ1n) is 12.3. The summed E-state index contributed by atoms with van der Waals surface area (Å²) in [6.45, 7) is 0. The van der Waals surface area contributed by atoms with Crippen LogP contribution in [0.5, 0.6) is 5.75 Å². The molecular weight excluding hydrogens is 468 g/mol. The average Bonchev–Trinajstić information content (AvgIpc) is 3.68. The van der Waals surface area contributed by atoms with Gasteiger partial charge in [0.05, 0.1) is 47.1 Å². The molecular formula is C28H24N6OS. The summed E-state index contributed by atoms with van der Waals surface area (Å²) in [5, 5.41) is 14.1. The van der Waals surface area contributed by atoms with E-state index in [-0.39, 0.29) is 6.10 Å². The summed E-state index contributed by atoms with van der Waals surface area (Å²) in [6.07, 6.45) is 15.5. The van der Waals surface area contributed by atoms with Gasteiger partial charge in [-0.15, -0.1) is 0 Å². The third-order valence-electron chi connectivity index (χ3n) is 6.94. The molecule has 7 rings (SSSR count). The maximum atomic E-state index is 6.24. The van der Waals surface area contributed by atoms with E-state index in [4.69, 9.17) is 4.74 Å². The van der Waals surface area contributed by atoms with E-state index in [1.807, 2.05) is 30.9 Å². The van der Waals surface area contributed by atoms with Gasteiger partial charge in [-0.25, -0.2) is 0 Å². The fourth-order valence-electron chi connectivity index (χ4n) is 5.11. The van der Waals surface area contributed by atoms with E-state index in [1.165, 1.54) is 24.8 Å². The van der Waals surface area contributed by atoms with Gasteiger partial charge < -0.3 is 9.72 Å². The molecule has 0 radical (unpaired) electrons. The second kappa shape index (κ2) is 8.87. The van der Waals surface area contributed by atoms with Gasteiger partial charge in [-0.05, 0) is 66.3 Å². The first-order chi connectivity index (χ1) is 17.8. The molecule has 1 saturated carbocycles. The Morgan fingerprint density at radius 2 is 1.78 bits per heavy atom. The SMILES string of the molecule is c1cc(-c2cncc3[nH]c(-c4n[nH]c5cnc(-c6cncc(OC7CCCCC7)c6)cc45)cc23)cs1. The Labute approximate surface area is 211 Å². The van der Waals surface area contributed by atoms with Gasteiger partial charge in [-0.3, -0.25) is 20.1 Å². The number of hydrogen-bond acceptors (Lipinski definition) is 6. The van der Waals surface area contributed by atoms with Crippen LogP contribution >= 0.6 is 11.3 Å². The lowest BCUT2D eigenvalue weighted by Gasteiger charge is -2.22. The highest BCUT2D eigenvalue weighted by Gasteiger charge is 2.17. The van der Waals surface area contributed by atoms with Crippen molar-refractivity contribution in [1.29, 1.82) is 0 Å². The lowest BCUT2D eigenvalue weighted by molar-refractivity contribution is 0.154. The van der Waals surface area contributed by atoms with Crippen molar-refractivity contribution in [3.63, 3.8) is 0 Å². The molecule has 0 bridgehead atoms. The summed E-state index contributed by atoms with van der Waals surface area (Å²) >= 11 is 1.68. The van der Waals surface area contributed by atoms with Crippen molar-refractivity contribution >= 4 is 33.1 Å². The van der Waals surface area contributed by atoms with Crippen LogP contribution in [0.2, 0.25) is 0 Å². The normalized spacial score (nSPS) is 14.6. The highest BCUT2D eigenvalue weighted by Crippen LogP contribution is 2.35. The highest BCUT2D eigenvalue weighted by atomic mass is 32.1. The molecule has 0 amide bonds. The number of ether oxygens (including phenoxy) is 1. The minimum absolute atomic E-state index is 0.280. The van der Waals surface area contributed by atoms with E-state index in [9.17, 15) is 0 Å². The molecule has 0 aliphatic heterocycles. The van der Waals surface area contributed by atoms with Crippen molar-refractivity contribution < 1.29 is 4.74 Å². The summed E-state index contributed by atoms with van der Waals surface area (Å²) in [5.74, 6) is 0.804. The van der Waals surface area contributed by atoms with E-state index in [2.05, 4.69) is 59.1 Å². The molecule has 1 aliphatic rings. The lowest BCUT2D eigenvalue weighted by atomic mass is 9.98. The van der Waals surface area contributed by atoms with Crippen LogP contribution in [0.4, 0.5) is 0 Å². The third kappa shape index (κ3) is 3.83. The van der Waals surface area contributed by atoms with E-state index in [1.54, 1.807) is 17.5 Å². The minimum Gasteiger partial charge on any atom is -0.489 e. The lowest BCUT2D eigenvalue weighted by Crippen LogP contribution is -2.19. The average molecular weight is 493 g/mol. The number of aromatic amines is 2. The maximum Gasteiger partial charge on any atom is 0.138 e. The number of nitrogens with zero attached hydrogens (tertiary/aromatic N) is 4. The van der Waals surface area contributed by atoms with E-state index >= 15 is 0 Å². The van der Waals surface area contributed by atoms with Gasteiger partial charge in [-0.1, -0.05) is 6.42 Å². The fraction of sp³-hybridized carbons (Fsp3) is 0.214. The molecule has 36 heavy (non-hydrogen) atoms. The van der Waals surface area contributed by atoms with E-state index in [0.717, 1.165) is 68.6 Å². The number of rotatable bonds is 5. The minimum atomic E-state index is 0.280. The second-order valence-corrected chi connectivity index (χ2v) is 10.1. The standard InChI is InChI=1S/C28H24N6OS/c1-2-4-19(5-3-1)35-20-8-18(11-29-12-20)24-10-22-27(15-31-24)33-34-28(22)25-9-21-23(17-6-7-36-16-17)13-30-14-26(21)32-25/h6-16,19,32H,1-5H2,(H,33,34). The predicted octanol–water partition coefficient (Wildman–Crippen LogP) is 7.00. The first-order valence-corrected chi connectivity index (χ1v) is 13.2. The van der Waals surface area contributed by atoms with Gasteiger partial charge in [-0.2, -0.15) is 16.4 Å². The smallest absolute Gasteiger partial charge is 0.138 e. The number of nitrogens with one attached hydrogen (secondary N) is 2. The van der Waals surface area contributed by atoms with Crippen LogP contribution in [0.3, 0.4) is 0 Å². The zero-order valence-corrected chi connectivity index (χ0v) is 20.4. The summed E-state index contributed by atoms with van der Waals surface area (Å²) < 4.78 is 6.24. The monoisotopic (exact) mass is 492 g/mol. The molecule has 2 N–H and O–H groups in total. The van der Waals surface area contributed by atoms with Crippen molar-refractivity contribution in [2.24, 2.45) is 0 Å². The number of hydrogen-bond donors (Lipinski definition) is 2. The Morgan fingerprint density at radius 3 is 2.67 bits per heavy atom. The Balaban J connectivity index is 1.26. The molecule has 0 spiro atoms. The summed E-state index contributed by atoms with van der Waals surface area (Å²) in [4.78, 5) is 17.1. The van der Waals surface area contributed by atoms with Gasteiger partial charge in [0, 0.05) is 34.3 Å². The summed E-state index contributed by atoms with van der Waals surface area (Å²) in [6, 6.07) is 8.38. The molecule has 1 aliphatic carbocycles. The molecule has 8 heteroatoms. The number of thiophene rings is 1. The molecule has 1 fully saturated rings. The van der Waals surface area contributed by atoms with Crippen LogP contribution in [0, 0.1) is 0 Å². The van der Waals surface area contributed by atoms with Gasteiger partial charge in [0.15, 0.2) is 0 Å². The van der Waals surface area contributed by atoms with Gasteiger partial charge in [0.25, 0.3) is 0 Å². The number of pyridine rings is 3. The zero-order valence-electron chi connectivity index (χ0n) is 19.6. The molecule has 6 heterocycles. The predicted molar refractivity (Wildman–Crippen MR) is 143 cm³/mol. The Hall–Kier alpha value is -4.04. The summed E-state index contributed by atoms with van der Waals surface area (Å²) in [5.41, 5.74) is 7.70.